The van der Waals surface area contributed by atoms with Gasteiger partial charge in [-0.2, -0.15) is 0 Å². The molecule has 0 amide bonds. The summed E-state index contributed by atoms with van der Waals surface area (Å²) in [5.74, 6) is -0.900. The van der Waals surface area contributed by atoms with Crippen molar-refractivity contribution in [2.24, 2.45) is 0 Å². The maximum Gasteiger partial charge on any atom is 1.00 e. The van der Waals surface area contributed by atoms with Gasteiger partial charge in [0.25, 0.3) is 0 Å². The summed E-state index contributed by atoms with van der Waals surface area (Å²) < 4.78 is 0. The van der Waals surface area contributed by atoms with E-state index >= 15 is 0 Å². The summed E-state index contributed by atoms with van der Waals surface area (Å²) in [6.07, 6.45) is 41.3. The molecular formula is C38H76KNO2. The maximum atomic E-state index is 10.9. The van der Waals surface area contributed by atoms with E-state index in [1.807, 2.05) is 0 Å². The zero-order valence-electron chi connectivity index (χ0n) is 29.7. The van der Waals surface area contributed by atoms with Crippen LogP contribution in [0.3, 0.4) is 0 Å². The normalized spacial score (nSPS) is 12.1. The summed E-state index contributed by atoms with van der Waals surface area (Å²) in [4.78, 5) is 13.5. The van der Waals surface area contributed by atoms with Gasteiger partial charge in [-0.1, -0.05) is 181 Å². The molecule has 4 heteroatoms. The number of rotatable bonds is 35. The van der Waals surface area contributed by atoms with Gasteiger partial charge < -0.3 is 14.8 Å². The number of hydrogen-bond acceptors (Lipinski definition) is 3. The summed E-state index contributed by atoms with van der Waals surface area (Å²) in [6.45, 7) is 9.26. The predicted molar refractivity (Wildman–Crippen MR) is 181 cm³/mol. The minimum absolute atomic E-state index is 0. The van der Waals surface area contributed by atoms with Crippen LogP contribution in [0.5, 0.6) is 0 Å². The van der Waals surface area contributed by atoms with Crippen LogP contribution < -0.4 is 56.5 Å². The number of carbonyl (C=O) groups is 1. The van der Waals surface area contributed by atoms with Crippen molar-refractivity contribution in [3.05, 3.63) is 0 Å². The predicted octanol–water partition coefficient (Wildman–Crippen LogP) is 8.56. The molecule has 1 atom stereocenters. The van der Waals surface area contributed by atoms with Crippen molar-refractivity contribution >= 4 is 5.97 Å². The van der Waals surface area contributed by atoms with E-state index in [-0.39, 0.29) is 57.8 Å². The Balaban J connectivity index is 0. The molecule has 42 heavy (non-hydrogen) atoms. The van der Waals surface area contributed by atoms with Crippen LogP contribution in [0.1, 0.15) is 220 Å². The first-order valence-electron chi connectivity index (χ1n) is 19.1. The average molecular weight is 618 g/mol. The van der Waals surface area contributed by atoms with E-state index in [0.29, 0.717) is 6.04 Å². The van der Waals surface area contributed by atoms with Gasteiger partial charge in [-0.15, -0.1) is 0 Å². The fraction of sp³-hybridized carbons (Fsp3) is 0.974. The second kappa shape index (κ2) is 38.2. The zero-order chi connectivity index (χ0) is 30.1. The molecule has 0 spiro atoms. The molecule has 0 aromatic heterocycles. The number of unbranched alkanes of at least 4 members (excludes halogenated alkanes) is 26. The molecule has 3 nitrogen and oxygen atoms in total. The van der Waals surface area contributed by atoms with Crippen molar-refractivity contribution < 1.29 is 61.3 Å². The van der Waals surface area contributed by atoms with Crippen LogP contribution in [-0.4, -0.2) is 30.0 Å². The quantitative estimate of drug-likeness (QED) is 0.0529. The largest absolute Gasteiger partial charge is 1.00 e. The smallest absolute Gasteiger partial charge is 0.550 e. The first-order chi connectivity index (χ1) is 20.1. The molecule has 0 aromatic rings. The Morgan fingerprint density at radius 3 is 1.00 bits per heavy atom. The number of hydrogen-bond donors (Lipinski definition) is 0. The van der Waals surface area contributed by atoms with Crippen LogP contribution in [0.2, 0.25) is 0 Å². The van der Waals surface area contributed by atoms with Gasteiger partial charge in [-0.3, -0.25) is 0 Å². The van der Waals surface area contributed by atoms with Crippen molar-refractivity contribution in [3.63, 3.8) is 0 Å². The van der Waals surface area contributed by atoms with E-state index in [0.717, 1.165) is 12.8 Å². The summed E-state index contributed by atoms with van der Waals surface area (Å²) in [7, 11) is 0. The Morgan fingerprint density at radius 2 is 0.738 bits per heavy atom. The second-order valence-electron chi connectivity index (χ2n) is 13.3. The molecule has 1 unspecified atom stereocenters. The van der Waals surface area contributed by atoms with E-state index in [1.165, 1.54) is 193 Å². The molecule has 0 bridgehead atoms. The van der Waals surface area contributed by atoms with Crippen LogP contribution in [0.4, 0.5) is 0 Å². The number of carboxylic acid groups (broad SMARTS) is 1. The second-order valence-corrected chi connectivity index (χ2v) is 13.3. The zero-order valence-corrected chi connectivity index (χ0v) is 32.8. The molecule has 0 N–H and O–H groups in total. The summed E-state index contributed by atoms with van der Waals surface area (Å²) >= 11 is 0. The van der Waals surface area contributed by atoms with Crippen molar-refractivity contribution in [2.45, 2.75) is 226 Å². The van der Waals surface area contributed by atoms with E-state index < -0.39 is 5.97 Å². The molecule has 0 aliphatic rings. The molecule has 0 radical (unpaired) electrons. The number of aliphatic carboxylic acids is 1. The van der Waals surface area contributed by atoms with Gasteiger partial charge in [0, 0.05) is 12.0 Å². The van der Waals surface area contributed by atoms with Crippen LogP contribution >= 0.6 is 0 Å². The van der Waals surface area contributed by atoms with Crippen molar-refractivity contribution in [3.8, 4) is 0 Å². The van der Waals surface area contributed by atoms with Gasteiger partial charge in [0.1, 0.15) is 0 Å². The van der Waals surface area contributed by atoms with Gasteiger partial charge in [0.05, 0.1) is 0 Å². The van der Waals surface area contributed by atoms with Crippen molar-refractivity contribution in [2.75, 3.05) is 13.1 Å². The minimum Gasteiger partial charge on any atom is -0.550 e. The standard InChI is InChI=1S/C38H77NO2.K/c1-4-6-8-10-12-14-16-18-20-22-24-26-28-30-35-39(37(3)33-32-34-38(40)41)36-31-29-27-25-23-21-19-17-15-13-11-9-7-5-2;/h37H,4-36H2,1-3H3,(H,40,41);/q;+1/p-1. The number of carbonyl (C=O) groups excluding carboxylic acids is 1. The summed E-state index contributed by atoms with van der Waals surface area (Å²) in [6, 6.07) is 0.485. The summed E-state index contributed by atoms with van der Waals surface area (Å²) in [5, 5.41) is 10.9. The number of nitrogens with zero attached hydrogens (tertiary/aromatic N) is 1. The van der Waals surface area contributed by atoms with Gasteiger partial charge >= 0.3 is 51.4 Å². The van der Waals surface area contributed by atoms with Crippen LogP contribution in [0, 0.1) is 0 Å². The summed E-state index contributed by atoms with van der Waals surface area (Å²) in [5.41, 5.74) is 0. The van der Waals surface area contributed by atoms with E-state index in [1.54, 1.807) is 0 Å². The molecule has 0 saturated carbocycles. The Bertz CT molecular complexity index is 483. The first-order valence-corrected chi connectivity index (χ1v) is 19.1. The Labute approximate surface area is 308 Å². The van der Waals surface area contributed by atoms with E-state index in [4.69, 9.17) is 0 Å². The van der Waals surface area contributed by atoms with Gasteiger partial charge in [-0.25, -0.2) is 0 Å². The fourth-order valence-corrected chi connectivity index (χ4v) is 6.30. The van der Waals surface area contributed by atoms with Gasteiger partial charge in [0.15, 0.2) is 0 Å². The Kier molecular flexibility index (Phi) is 41.2. The molecule has 246 valence electrons. The van der Waals surface area contributed by atoms with Gasteiger partial charge in [0.2, 0.25) is 0 Å². The molecule has 0 rings (SSSR count). The molecular weight excluding hydrogens is 542 g/mol. The Hall–Kier alpha value is 1.07. The van der Waals surface area contributed by atoms with Crippen LogP contribution in [0.25, 0.3) is 0 Å². The Morgan fingerprint density at radius 1 is 0.476 bits per heavy atom. The molecule has 0 saturated heterocycles. The third-order valence-electron chi connectivity index (χ3n) is 9.22. The van der Waals surface area contributed by atoms with E-state index in [9.17, 15) is 9.90 Å². The van der Waals surface area contributed by atoms with Gasteiger partial charge in [-0.05, 0) is 52.1 Å². The van der Waals surface area contributed by atoms with Crippen LogP contribution in [0.15, 0.2) is 0 Å². The molecule has 0 heterocycles. The number of carboxylic acids is 1. The first kappa shape index (κ1) is 45.2. The van der Waals surface area contributed by atoms with Crippen LogP contribution in [-0.2, 0) is 4.79 Å². The average Bonchev–Trinajstić information content (AvgIpc) is 2.96. The monoisotopic (exact) mass is 618 g/mol. The molecule has 0 fully saturated rings. The molecule has 0 aromatic carbocycles. The topological polar surface area (TPSA) is 43.4 Å². The maximum absolute atomic E-state index is 10.9. The van der Waals surface area contributed by atoms with E-state index in [2.05, 4.69) is 25.7 Å². The fourth-order valence-electron chi connectivity index (χ4n) is 6.30. The van der Waals surface area contributed by atoms with Crippen molar-refractivity contribution in [1.29, 1.82) is 0 Å². The van der Waals surface area contributed by atoms with Crippen molar-refractivity contribution in [1.82, 2.24) is 4.90 Å². The molecule has 0 aliphatic carbocycles. The minimum atomic E-state index is -0.900. The third-order valence-corrected chi connectivity index (χ3v) is 9.22. The molecule has 0 aliphatic heterocycles. The SMILES string of the molecule is CCCCCCCCCCCCCCCCN(CCCCCCCCCCCCCCCC)C(C)CCCC(=O)[O-].[K+]. The third kappa shape index (κ3) is 35.5.